The smallest absolute Gasteiger partial charge is 0.358 e. The normalized spacial score (nSPS) is 10.2. The largest absolute Gasteiger partial charge is 0.486 e. The van der Waals surface area contributed by atoms with Crippen molar-refractivity contribution in [1.29, 1.82) is 0 Å². The Labute approximate surface area is 184 Å². The Morgan fingerprint density at radius 3 is 2.47 bits per heavy atom. The average Bonchev–Trinajstić information content (AvgIpc) is 2.79. The van der Waals surface area contributed by atoms with Gasteiger partial charge in [0.1, 0.15) is 6.61 Å². The van der Waals surface area contributed by atoms with E-state index in [1.54, 1.807) is 6.20 Å². The summed E-state index contributed by atoms with van der Waals surface area (Å²) in [7, 11) is 0. The van der Waals surface area contributed by atoms with Crippen LogP contribution in [0.1, 0.15) is 27.3 Å². The van der Waals surface area contributed by atoms with Gasteiger partial charge in [-0.25, -0.2) is 9.78 Å². The fourth-order valence-corrected chi connectivity index (χ4v) is 3.33. The standard InChI is InChI=1S/C24H20N2O3.HNO2/c1-15-8-9-19-12-18(10-11-21(19)26-15)20-13-25-22(24(27)28)23(16(20)2)29-14-17-6-4-3-5-7-17;2-1-3/h3-13H,14H2,1-2H3,(H,27,28);(H,2,3). The number of aromatic nitrogens is 2. The lowest BCUT2D eigenvalue weighted by Gasteiger charge is -2.15. The van der Waals surface area contributed by atoms with Crippen LogP contribution < -0.4 is 4.74 Å². The van der Waals surface area contributed by atoms with Crippen molar-refractivity contribution in [3.8, 4) is 16.9 Å². The van der Waals surface area contributed by atoms with Gasteiger partial charge in [0, 0.05) is 28.4 Å². The molecule has 4 aromatic rings. The number of aromatic carboxylic acids is 1. The molecule has 2 heterocycles. The highest BCUT2D eigenvalue weighted by Crippen LogP contribution is 2.33. The van der Waals surface area contributed by atoms with Gasteiger partial charge in [-0.05, 0) is 43.2 Å². The molecule has 2 aromatic carbocycles. The number of hydrogen-bond donors (Lipinski definition) is 2. The van der Waals surface area contributed by atoms with E-state index in [9.17, 15) is 9.90 Å². The van der Waals surface area contributed by atoms with E-state index in [1.165, 1.54) is 5.34 Å². The number of ether oxygens (including phenoxy) is 1. The summed E-state index contributed by atoms with van der Waals surface area (Å²) >= 11 is 0. The second-order valence-corrected chi connectivity index (χ2v) is 7.00. The van der Waals surface area contributed by atoms with Crippen LogP contribution >= 0.6 is 0 Å². The van der Waals surface area contributed by atoms with Gasteiger partial charge in [-0.3, -0.25) is 4.98 Å². The molecule has 0 aliphatic rings. The highest BCUT2D eigenvalue weighted by atomic mass is 16.6. The second kappa shape index (κ2) is 10.1. The van der Waals surface area contributed by atoms with E-state index in [4.69, 9.17) is 14.9 Å². The van der Waals surface area contributed by atoms with Gasteiger partial charge in [0.05, 0.1) is 5.52 Å². The molecule has 0 bridgehead atoms. The van der Waals surface area contributed by atoms with Crippen molar-refractivity contribution in [3.63, 3.8) is 0 Å². The predicted octanol–water partition coefficient (Wildman–Crippen LogP) is 5.33. The maximum Gasteiger partial charge on any atom is 0.358 e. The molecule has 32 heavy (non-hydrogen) atoms. The second-order valence-electron chi connectivity index (χ2n) is 7.00. The number of carbonyl (C=O) groups is 1. The van der Waals surface area contributed by atoms with Crippen LogP contribution in [-0.2, 0) is 6.61 Å². The molecule has 0 unspecified atom stereocenters. The summed E-state index contributed by atoms with van der Waals surface area (Å²) in [5.41, 5.74) is 5.27. The maximum atomic E-state index is 11.7. The van der Waals surface area contributed by atoms with Gasteiger partial charge in [-0.1, -0.05) is 42.5 Å². The summed E-state index contributed by atoms with van der Waals surface area (Å²) in [6, 6.07) is 19.6. The lowest BCUT2D eigenvalue weighted by molar-refractivity contribution is 0.0684. The molecule has 0 aliphatic carbocycles. The minimum absolute atomic E-state index is 0.0831. The monoisotopic (exact) mass is 431 g/mol. The predicted molar refractivity (Wildman–Crippen MR) is 120 cm³/mol. The molecule has 0 saturated heterocycles. The summed E-state index contributed by atoms with van der Waals surface area (Å²) in [5.74, 6) is -0.818. The number of carboxylic acid groups (broad SMARTS) is 1. The molecule has 4 rings (SSSR count). The molecule has 0 saturated carbocycles. The first-order valence-corrected chi connectivity index (χ1v) is 9.68. The van der Waals surface area contributed by atoms with Crippen molar-refractivity contribution in [2.24, 2.45) is 5.34 Å². The maximum absolute atomic E-state index is 11.7. The van der Waals surface area contributed by atoms with Gasteiger partial charge in [-0.2, -0.15) is 0 Å². The van der Waals surface area contributed by atoms with Gasteiger partial charge < -0.3 is 15.1 Å². The lowest BCUT2D eigenvalue weighted by Crippen LogP contribution is -2.08. The fraction of sp³-hybridized carbons (Fsp3) is 0.125. The Kier molecular flexibility index (Phi) is 7.07. The van der Waals surface area contributed by atoms with Crippen LogP contribution in [-0.4, -0.2) is 26.3 Å². The highest BCUT2D eigenvalue weighted by molar-refractivity contribution is 5.91. The molecule has 162 valence electrons. The minimum atomic E-state index is -1.11. The first kappa shape index (κ1) is 22.4. The van der Waals surface area contributed by atoms with Crippen molar-refractivity contribution < 1.29 is 19.8 Å². The van der Waals surface area contributed by atoms with Gasteiger partial charge in [0.25, 0.3) is 0 Å². The molecule has 8 nitrogen and oxygen atoms in total. The van der Waals surface area contributed by atoms with Crippen molar-refractivity contribution in [2.75, 3.05) is 0 Å². The van der Waals surface area contributed by atoms with Crippen LogP contribution in [0.5, 0.6) is 5.75 Å². The summed E-state index contributed by atoms with van der Waals surface area (Å²) in [6.07, 6.45) is 1.59. The zero-order valence-corrected chi connectivity index (χ0v) is 17.5. The summed E-state index contributed by atoms with van der Waals surface area (Å²) in [5, 5.41) is 18.5. The van der Waals surface area contributed by atoms with E-state index in [0.717, 1.165) is 38.9 Å². The highest BCUT2D eigenvalue weighted by Gasteiger charge is 2.19. The van der Waals surface area contributed by atoms with Crippen molar-refractivity contribution in [3.05, 3.63) is 94.3 Å². The molecule has 0 fully saturated rings. The average molecular weight is 431 g/mol. The first-order chi connectivity index (χ1) is 15.4. The van der Waals surface area contributed by atoms with Gasteiger partial charge in [0.15, 0.2) is 16.8 Å². The third kappa shape index (κ3) is 5.04. The Hall–Kier alpha value is -4.33. The first-order valence-electron chi connectivity index (χ1n) is 9.68. The molecule has 0 spiro atoms. The quantitative estimate of drug-likeness (QED) is 0.323. The summed E-state index contributed by atoms with van der Waals surface area (Å²) < 4.78 is 5.92. The topological polar surface area (TPSA) is 122 Å². The molecule has 0 amide bonds. The Bertz CT molecular complexity index is 1260. The number of rotatable bonds is 5. The lowest BCUT2D eigenvalue weighted by atomic mass is 9.99. The van der Waals surface area contributed by atoms with E-state index < -0.39 is 5.97 Å². The molecular weight excluding hydrogens is 410 g/mol. The number of hydrogen-bond acceptors (Lipinski definition) is 6. The van der Waals surface area contributed by atoms with E-state index in [0.29, 0.717) is 5.75 Å². The molecule has 2 aromatic heterocycles. The number of aryl methyl sites for hydroxylation is 1. The van der Waals surface area contributed by atoms with E-state index >= 15 is 0 Å². The van der Waals surface area contributed by atoms with Crippen LogP contribution in [0.15, 0.2) is 72.2 Å². The van der Waals surface area contributed by atoms with Crippen LogP contribution in [0.3, 0.4) is 0 Å². The van der Waals surface area contributed by atoms with Gasteiger partial charge in [-0.15, -0.1) is 4.91 Å². The van der Waals surface area contributed by atoms with Crippen molar-refractivity contribution in [2.45, 2.75) is 20.5 Å². The van der Waals surface area contributed by atoms with Crippen molar-refractivity contribution >= 4 is 16.9 Å². The molecule has 0 radical (unpaired) electrons. The number of fused-ring (bicyclic) bond motifs is 1. The molecule has 0 aliphatic heterocycles. The Balaban J connectivity index is 0.000000913. The summed E-state index contributed by atoms with van der Waals surface area (Å²) in [6.45, 7) is 4.10. The van der Waals surface area contributed by atoms with Crippen LogP contribution in [0.4, 0.5) is 0 Å². The number of nitrogens with zero attached hydrogens (tertiary/aromatic N) is 3. The number of carboxylic acids is 1. The van der Waals surface area contributed by atoms with Crippen LogP contribution in [0, 0.1) is 18.8 Å². The SMILES string of the molecule is Cc1ccc2cc(-c3cnc(C(=O)O)c(OCc4ccccc4)c3C)ccc2n1.O=NO. The van der Waals surface area contributed by atoms with E-state index in [2.05, 4.69) is 9.97 Å². The zero-order valence-electron chi connectivity index (χ0n) is 17.5. The van der Waals surface area contributed by atoms with E-state index in [1.807, 2.05) is 74.5 Å². The third-order valence-electron chi connectivity index (χ3n) is 4.85. The van der Waals surface area contributed by atoms with Gasteiger partial charge in [0.2, 0.25) is 0 Å². The molecular formula is C24H21N3O5. The number of benzene rings is 2. The van der Waals surface area contributed by atoms with Crippen LogP contribution in [0.25, 0.3) is 22.0 Å². The van der Waals surface area contributed by atoms with E-state index in [-0.39, 0.29) is 12.3 Å². The Morgan fingerprint density at radius 1 is 1.06 bits per heavy atom. The third-order valence-corrected chi connectivity index (χ3v) is 4.85. The van der Waals surface area contributed by atoms with Gasteiger partial charge >= 0.3 is 5.97 Å². The van der Waals surface area contributed by atoms with Crippen molar-refractivity contribution in [1.82, 2.24) is 9.97 Å². The summed E-state index contributed by atoms with van der Waals surface area (Å²) in [4.78, 5) is 28.5. The molecule has 8 heteroatoms. The molecule has 0 atom stereocenters. The van der Waals surface area contributed by atoms with Crippen LogP contribution in [0.2, 0.25) is 0 Å². The molecule has 2 N–H and O–H groups in total. The minimum Gasteiger partial charge on any atom is -0.486 e. The zero-order chi connectivity index (χ0) is 23.1. The number of pyridine rings is 2. The Morgan fingerprint density at radius 2 is 1.78 bits per heavy atom. The fourth-order valence-electron chi connectivity index (χ4n) is 3.33.